The molecule has 3 nitrogen and oxygen atoms in total. The third-order valence-electron chi connectivity index (χ3n) is 2.70. The molecule has 0 aliphatic carbocycles. The van der Waals surface area contributed by atoms with Crippen molar-refractivity contribution >= 4 is 17.4 Å². The molecule has 1 N–H and O–H groups in total. The van der Waals surface area contributed by atoms with Gasteiger partial charge in [-0.3, -0.25) is 0 Å². The SMILES string of the molecule is CCC(C)N(C)c1cc(CO)c(Cl)cn1. The van der Waals surface area contributed by atoms with Crippen LogP contribution in [0.3, 0.4) is 0 Å². The number of rotatable bonds is 4. The van der Waals surface area contributed by atoms with Crippen LogP contribution in [0.1, 0.15) is 25.8 Å². The fraction of sp³-hybridized carbons (Fsp3) is 0.545. The summed E-state index contributed by atoms with van der Waals surface area (Å²) in [5.74, 6) is 0.845. The minimum absolute atomic E-state index is 0.0529. The first kappa shape index (κ1) is 12.3. The molecule has 0 amide bonds. The maximum absolute atomic E-state index is 9.09. The van der Waals surface area contributed by atoms with Crippen LogP contribution in [-0.4, -0.2) is 23.2 Å². The van der Waals surface area contributed by atoms with Crippen molar-refractivity contribution in [3.63, 3.8) is 0 Å². The molecule has 0 fully saturated rings. The van der Waals surface area contributed by atoms with E-state index in [2.05, 4.69) is 23.7 Å². The van der Waals surface area contributed by atoms with Gasteiger partial charge in [0.15, 0.2) is 0 Å². The molecule has 0 spiro atoms. The predicted octanol–water partition coefficient (Wildman–Crippen LogP) is 2.46. The average molecular weight is 229 g/mol. The minimum Gasteiger partial charge on any atom is -0.392 e. The van der Waals surface area contributed by atoms with Crippen molar-refractivity contribution in [1.29, 1.82) is 0 Å². The number of aliphatic hydroxyl groups is 1. The van der Waals surface area contributed by atoms with Crippen LogP contribution in [0.25, 0.3) is 0 Å². The monoisotopic (exact) mass is 228 g/mol. The van der Waals surface area contributed by atoms with Gasteiger partial charge in [0.1, 0.15) is 5.82 Å². The lowest BCUT2D eigenvalue weighted by atomic mass is 10.2. The number of hydrogen-bond donors (Lipinski definition) is 1. The zero-order valence-electron chi connectivity index (χ0n) is 9.37. The number of nitrogens with zero attached hydrogens (tertiary/aromatic N) is 2. The van der Waals surface area contributed by atoms with E-state index in [1.807, 2.05) is 13.1 Å². The number of anilines is 1. The highest BCUT2D eigenvalue weighted by atomic mass is 35.5. The van der Waals surface area contributed by atoms with E-state index < -0.39 is 0 Å². The zero-order chi connectivity index (χ0) is 11.4. The zero-order valence-corrected chi connectivity index (χ0v) is 10.1. The van der Waals surface area contributed by atoms with Gasteiger partial charge in [-0.05, 0) is 19.4 Å². The van der Waals surface area contributed by atoms with Gasteiger partial charge in [-0.25, -0.2) is 4.98 Å². The van der Waals surface area contributed by atoms with Crippen LogP contribution in [0, 0.1) is 0 Å². The van der Waals surface area contributed by atoms with Crippen molar-refractivity contribution in [2.75, 3.05) is 11.9 Å². The Balaban J connectivity index is 2.95. The Labute approximate surface area is 95.7 Å². The lowest BCUT2D eigenvalue weighted by Crippen LogP contribution is -2.28. The van der Waals surface area contributed by atoms with Crippen LogP contribution < -0.4 is 4.90 Å². The predicted molar refractivity (Wildman–Crippen MR) is 63.3 cm³/mol. The van der Waals surface area contributed by atoms with Gasteiger partial charge in [-0.1, -0.05) is 18.5 Å². The molecule has 84 valence electrons. The fourth-order valence-corrected chi connectivity index (χ4v) is 1.44. The number of aromatic nitrogens is 1. The van der Waals surface area contributed by atoms with Crippen LogP contribution in [0.15, 0.2) is 12.3 Å². The van der Waals surface area contributed by atoms with Crippen LogP contribution in [0.5, 0.6) is 0 Å². The van der Waals surface area contributed by atoms with Crippen molar-refractivity contribution in [1.82, 2.24) is 4.98 Å². The summed E-state index contributed by atoms with van der Waals surface area (Å²) in [4.78, 5) is 6.32. The minimum atomic E-state index is -0.0529. The second-order valence-corrected chi connectivity index (χ2v) is 4.07. The van der Waals surface area contributed by atoms with Crippen molar-refractivity contribution < 1.29 is 5.11 Å². The van der Waals surface area contributed by atoms with Crippen LogP contribution in [-0.2, 0) is 6.61 Å². The molecule has 0 radical (unpaired) electrons. The Hall–Kier alpha value is -0.800. The van der Waals surface area contributed by atoms with Gasteiger partial charge in [0.05, 0.1) is 11.6 Å². The molecule has 15 heavy (non-hydrogen) atoms. The lowest BCUT2D eigenvalue weighted by molar-refractivity contribution is 0.282. The van der Waals surface area contributed by atoms with E-state index in [9.17, 15) is 0 Å². The van der Waals surface area contributed by atoms with E-state index in [4.69, 9.17) is 16.7 Å². The quantitative estimate of drug-likeness (QED) is 0.860. The number of halogens is 1. The molecule has 0 aromatic carbocycles. The van der Waals surface area contributed by atoms with Crippen molar-refractivity contribution in [2.24, 2.45) is 0 Å². The van der Waals surface area contributed by atoms with Crippen molar-refractivity contribution in [2.45, 2.75) is 32.9 Å². The topological polar surface area (TPSA) is 36.4 Å². The summed E-state index contributed by atoms with van der Waals surface area (Å²) in [6.45, 7) is 4.21. The molecule has 1 aromatic heterocycles. The first-order chi connectivity index (χ1) is 7.10. The first-order valence-corrected chi connectivity index (χ1v) is 5.46. The summed E-state index contributed by atoms with van der Waals surface area (Å²) in [6.07, 6.45) is 2.64. The second kappa shape index (κ2) is 5.33. The summed E-state index contributed by atoms with van der Waals surface area (Å²) in [7, 11) is 1.99. The normalized spacial score (nSPS) is 12.6. The summed E-state index contributed by atoms with van der Waals surface area (Å²) < 4.78 is 0. The number of hydrogen-bond acceptors (Lipinski definition) is 3. The first-order valence-electron chi connectivity index (χ1n) is 5.08. The molecule has 0 aliphatic rings. The molecule has 0 saturated heterocycles. The average Bonchev–Trinajstić information content (AvgIpc) is 2.27. The van der Waals surface area contributed by atoms with Crippen LogP contribution >= 0.6 is 11.6 Å². The van der Waals surface area contributed by atoms with Gasteiger partial charge in [0.2, 0.25) is 0 Å². The smallest absolute Gasteiger partial charge is 0.128 e. The molecule has 1 aromatic rings. The second-order valence-electron chi connectivity index (χ2n) is 3.66. The Morgan fingerprint density at radius 3 is 2.80 bits per heavy atom. The van der Waals surface area contributed by atoms with E-state index >= 15 is 0 Å². The van der Waals surface area contributed by atoms with Crippen molar-refractivity contribution in [3.8, 4) is 0 Å². The van der Waals surface area contributed by atoms with Gasteiger partial charge < -0.3 is 10.0 Å². The molecule has 1 heterocycles. The van der Waals surface area contributed by atoms with Gasteiger partial charge in [-0.15, -0.1) is 0 Å². The van der Waals surface area contributed by atoms with Crippen LogP contribution in [0.2, 0.25) is 5.02 Å². The third-order valence-corrected chi connectivity index (χ3v) is 3.04. The Morgan fingerprint density at radius 2 is 2.27 bits per heavy atom. The van der Waals surface area contributed by atoms with Crippen LogP contribution in [0.4, 0.5) is 5.82 Å². The Bertz CT molecular complexity index is 330. The van der Waals surface area contributed by atoms with Gasteiger partial charge in [0, 0.05) is 24.8 Å². The van der Waals surface area contributed by atoms with Gasteiger partial charge in [0.25, 0.3) is 0 Å². The molecule has 4 heteroatoms. The highest BCUT2D eigenvalue weighted by Crippen LogP contribution is 2.21. The maximum atomic E-state index is 9.09. The largest absolute Gasteiger partial charge is 0.392 e. The van der Waals surface area contributed by atoms with Crippen molar-refractivity contribution in [3.05, 3.63) is 22.8 Å². The van der Waals surface area contributed by atoms with E-state index in [0.717, 1.165) is 17.8 Å². The number of pyridine rings is 1. The maximum Gasteiger partial charge on any atom is 0.128 e. The molecule has 1 rings (SSSR count). The number of aliphatic hydroxyl groups excluding tert-OH is 1. The van der Waals surface area contributed by atoms with E-state index in [-0.39, 0.29) is 6.61 Å². The van der Waals surface area contributed by atoms with E-state index in [1.165, 1.54) is 0 Å². The van der Waals surface area contributed by atoms with E-state index in [1.54, 1.807) is 6.20 Å². The lowest BCUT2D eigenvalue weighted by Gasteiger charge is -2.25. The molecule has 0 aliphatic heterocycles. The fourth-order valence-electron chi connectivity index (χ4n) is 1.28. The molecule has 1 unspecified atom stereocenters. The standard InChI is InChI=1S/C11H17ClN2O/c1-4-8(2)14(3)11-5-9(7-15)10(12)6-13-11/h5-6,8,15H,4,7H2,1-3H3. The molecule has 1 atom stereocenters. The molecule has 0 bridgehead atoms. The molecular formula is C11H17ClN2O. The summed E-state index contributed by atoms with van der Waals surface area (Å²) in [5, 5.41) is 9.60. The summed E-state index contributed by atoms with van der Waals surface area (Å²) in [5.41, 5.74) is 0.719. The summed E-state index contributed by atoms with van der Waals surface area (Å²) in [6, 6.07) is 2.25. The van der Waals surface area contributed by atoms with Gasteiger partial charge >= 0.3 is 0 Å². The third kappa shape index (κ3) is 2.83. The highest BCUT2D eigenvalue weighted by Gasteiger charge is 2.10. The Morgan fingerprint density at radius 1 is 1.60 bits per heavy atom. The molecule has 0 saturated carbocycles. The molecular weight excluding hydrogens is 212 g/mol. The van der Waals surface area contributed by atoms with E-state index in [0.29, 0.717) is 11.1 Å². The highest BCUT2D eigenvalue weighted by molar-refractivity contribution is 6.31. The van der Waals surface area contributed by atoms with Gasteiger partial charge in [-0.2, -0.15) is 0 Å². The summed E-state index contributed by atoms with van der Waals surface area (Å²) >= 11 is 5.87. The Kier molecular flexibility index (Phi) is 4.36.